The van der Waals surface area contributed by atoms with Gasteiger partial charge >= 0.3 is 0 Å². The number of fused-ring (bicyclic) bond motifs is 1. The van der Waals surface area contributed by atoms with Gasteiger partial charge in [-0.1, -0.05) is 10.1 Å². The Balaban J connectivity index is 1.54. The Morgan fingerprint density at radius 2 is 2.30 bits per heavy atom. The van der Waals surface area contributed by atoms with Crippen LogP contribution in [-0.4, -0.2) is 62.6 Å². The minimum absolute atomic E-state index is 0.00446. The number of anilines is 1. The quantitative estimate of drug-likeness (QED) is 0.192. The number of amides is 2. The number of aromatic nitrogens is 3. The minimum atomic E-state index is -1.54. The molecule has 12 nitrogen and oxygen atoms in total. The van der Waals surface area contributed by atoms with Crippen molar-refractivity contribution in [2.75, 3.05) is 18.6 Å². The first-order valence-electron chi connectivity index (χ1n) is 9.31. The lowest BCUT2D eigenvalue weighted by atomic mass is 10.0. The van der Waals surface area contributed by atoms with Crippen LogP contribution in [0.25, 0.3) is 0 Å². The molecule has 33 heavy (non-hydrogen) atoms. The molecule has 1 fully saturated rings. The van der Waals surface area contributed by atoms with Crippen molar-refractivity contribution >= 4 is 51.7 Å². The third-order valence-corrected chi connectivity index (χ3v) is 6.78. The number of carboxylic acids is 1. The fourth-order valence-corrected chi connectivity index (χ4v) is 5.30. The van der Waals surface area contributed by atoms with Gasteiger partial charge in [0.15, 0.2) is 17.0 Å². The van der Waals surface area contributed by atoms with Crippen molar-refractivity contribution in [2.24, 2.45) is 5.16 Å². The molecule has 2 aliphatic heterocycles. The van der Waals surface area contributed by atoms with Gasteiger partial charge in [-0.15, -0.1) is 23.1 Å². The van der Waals surface area contributed by atoms with Gasteiger partial charge in [-0.05, 0) is 0 Å². The summed E-state index contributed by atoms with van der Waals surface area (Å²) >= 11 is 2.36. The van der Waals surface area contributed by atoms with Crippen LogP contribution in [0, 0.1) is 5.82 Å². The standard InChI is InChI=1S/C18H16FN7O5S2/c1-31-24-11(10-6-33-18(20)22-10)14(27)23-12-15(28)26-13(17(29)30)8(5-32-16(12)26)3-25-4-9(19)2-21-7-25/h2,4,6-7,12,16H,3,5H2,1H3,(H3-,20,22,23,27,29,30)/b24-11-/t12-,16?/m1/s1. The Morgan fingerprint density at radius 3 is 2.94 bits per heavy atom. The maximum atomic E-state index is 13.4. The number of carboxylic acid groups (broad SMARTS) is 1. The predicted octanol–water partition coefficient (Wildman–Crippen LogP) is -2.00. The van der Waals surface area contributed by atoms with E-state index in [-0.39, 0.29) is 34.5 Å². The first kappa shape index (κ1) is 22.6. The summed E-state index contributed by atoms with van der Waals surface area (Å²) in [4.78, 5) is 50.9. The number of thioether (sulfide) groups is 1. The average molecular weight is 494 g/mol. The van der Waals surface area contributed by atoms with Gasteiger partial charge in [0.25, 0.3) is 18.1 Å². The second-order valence-electron chi connectivity index (χ2n) is 6.87. The zero-order valence-corrected chi connectivity index (χ0v) is 18.6. The van der Waals surface area contributed by atoms with E-state index < -0.39 is 35.0 Å². The lowest BCUT2D eigenvalue weighted by Crippen LogP contribution is -2.71. The number of nitrogens with zero attached hydrogens (tertiary/aromatic N) is 5. The van der Waals surface area contributed by atoms with Crippen LogP contribution in [0.5, 0.6) is 0 Å². The Labute approximate surface area is 193 Å². The van der Waals surface area contributed by atoms with Crippen molar-refractivity contribution in [3.05, 3.63) is 46.9 Å². The molecule has 0 aromatic carbocycles. The molecular formula is C18H16FN7O5S2. The number of rotatable bonds is 7. The van der Waals surface area contributed by atoms with Crippen molar-refractivity contribution in [3.8, 4) is 0 Å². The van der Waals surface area contributed by atoms with E-state index in [1.807, 2.05) is 0 Å². The molecular weight excluding hydrogens is 477 g/mol. The van der Waals surface area contributed by atoms with Crippen molar-refractivity contribution in [3.63, 3.8) is 0 Å². The molecule has 2 atom stereocenters. The van der Waals surface area contributed by atoms with Crippen LogP contribution in [0.15, 0.2) is 40.5 Å². The zero-order valence-electron chi connectivity index (χ0n) is 16.9. The van der Waals surface area contributed by atoms with Crippen LogP contribution in [0.1, 0.15) is 5.69 Å². The summed E-state index contributed by atoms with van der Waals surface area (Å²) in [5, 5.41) is 19.1. The molecule has 2 amide bonds. The van der Waals surface area contributed by atoms with Gasteiger partial charge in [0.05, 0.1) is 11.7 Å². The van der Waals surface area contributed by atoms with E-state index in [1.54, 1.807) is 0 Å². The monoisotopic (exact) mass is 493 g/mol. The number of β-lactam (4-membered cyclic amide) rings is 1. The van der Waals surface area contributed by atoms with E-state index in [4.69, 9.17) is 10.6 Å². The molecule has 2 aliphatic rings. The lowest BCUT2D eigenvalue weighted by molar-refractivity contribution is -0.693. The molecule has 1 unspecified atom stereocenters. The highest BCUT2D eigenvalue weighted by molar-refractivity contribution is 8.00. The highest BCUT2D eigenvalue weighted by Gasteiger charge is 2.53. The lowest BCUT2D eigenvalue weighted by Gasteiger charge is -2.50. The maximum Gasteiger partial charge on any atom is 0.286 e. The van der Waals surface area contributed by atoms with Crippen molar-refractivity contribution < 1.29 is 33.3 Å². The number of carbonyl (C=O) groups excluding carboxylic acids is 3. The highest BCUT2D eigenvalue weighted by Crippen LogP contribution is 2.40. The van der Waals surface area contributed by atoms with E-state index in [2.05, 4.69) is 20.4 Å². The number of nitrogens with two attached hydrogens (primary N) is 1. The Morgan fingerprint density at radius 1 is 1.52 bits per heavy atom. The third-order valence-electron chi connectivity index (χ3n) is 4.76. The molecule has 0 radical (unpaired) electrons. The highest BCUT2D eigenvalue weighted by atomic mass is 32.2. The molecule has 0 aliphatic carbocycles. The molecule has 1 saturated heterocycles. The summed E-state index contributed by atoms with van der Waals surface area (Å²) in [5.41, 5.74) is 5.65. The fraction of sp³-hybridized carbons (Fsp3) is 0.278. The first-order valence-corrected chi connectivity index (χ1v) is 11.2. The molecule has 3 N–H and O–H groups in total. The summed E-state index contributed by atoms with van der Waals surface area (Å²) in [6.07, 6.45) is 3.51. The molecule has 0 saturated carbocycles. The summed E-state index contributed by atoms with van der Waals surface area (Å²) < 4.78 is 14.8. The summed E-state index contributed by atoms with van der Waals surface area (Å²) in [6.45, 7) is 0.00446. The number of nitrogens with one attached hydrogen (secondary N) is 1. The molecule has 15 heteroatoms. The fourth-order valence-electron chi connectivity index (χ4n) is 3.42. The van der Waals surface area contributed by atoms with Crippen LogP contribution >= 0.6 is 23.1 Å². The van der Waals surface area contributed by atoms with Crippen molar-refractivity contribution in [1.82, 2.24) is 20.2 Å². The van der Waals surface area contributed by atoms with E-state index in [0.29, 0.717) is 5.57 Å². The van der Waals surface area contributed by atoms with Crippen LogP contribution in [-0.2, 0) is 25.8 Å². The number of carbonyl (C=O) groups is 3. The molecule has 172 valence electrons. The Hall–Kier alpha value is -3.59. The molecule has 4 heterocycles. The normalized spacial score (nSPS) is 20.2. The first-order chi connectivity index (χ1) is 15.8. The van der Waals surface area contributed by atoms with E-state index in [9.17, 15) is 23.9 Å². The summed E-state index contributed by atoms with van der Waals surface area (Å²) in [7, 11) is 1.25. The van der Waals surface area contributed by atoms with Gasteiger partial charge in [-0.3, -0.25) is 14.5 Å². The number of aliphatic carboxylic acids is 1. The second-order valence-corrected chi connectivity index (χ2v) is 8.87. The number of hydrogen-bond acceptors (Lipinski definition) is 11. The number of oxime groups is 1. The number of thiazole rings is 1. The maximum absolute atomic E-state index is 13.4. The molecule has 0 spiro atoms. The van der Waals surface area contributed by atoms with Gasteiger partial charge in [-0.25, -0.2) is 9.55 Å². The van der Waals surface area contributed by atoms with Crippen LogP contribution < -0.4 is 20.7 Å². The number of nitrogen functional groups attached to an aromatic ring is 1. The van der Waals surface area contributed by atoms with Gasteiger partial charge in [0.2, 0.25) is 5.82 Å². The van der Waals surface area contributed by atoms with Crippen LogP contribution in [0.2, 0.25) is 0 Å². The van der Waals surface area contributed by atoms with Crippen LogP contribution in [0.4, 0.5) is 9.52 Å². The average Bonchev–Trinajstić information content (AvgIpc) is 3.21. The molecule has 2 aromatic rings. The minimum Gasteiger partial charge on any atom is -0.543 e. The van der Waals surface area contributed by atoms with E-state index >= 15 is 0 Å². The Kier molecular flexibility index (Phi) is 6.24. The summed E-state index contributed by atoms with van der Waals surface area (Å²) in [6, 6.07) is -1.00. The predicted molar refractivity (Wildman–Crippen MR) is 112 cm³/mol. The smallest absolute Gasteiger partial charge is 0.286 e. The van der Waals surface area contributed by atoms with Crippen LogP contribution in [0.3, 0.4) is 0 Å². The zero-order chi connectivity index (χ0) is 23.7. The van der Waals surface area contributed by atoms with E-state index in [0.717, 1.165) is 28.6 Å². The van der Waals surface area contributed by atoms with Gasteiger partial charge in [-0.2, -0.15) is 4.39 Å². The van der Waals surface area contributed by atoms with Crippen molar-refractivity contribution in [2.45, 2.75) is 18.0 Å². The molecule has 2 aromatic heterocycles. The van der Waals surface area contributed by atoms with Gasteiger partial charge in [0, 0.05) is 16.7 Å². The molecule has 0 bridgehead atoms. The summed E-state index contributed by atoms with van der Waals surface area (Å²) in [5.74, 6) is -3.28. The molecule has 4 rings (SSSR count). The van der Waals surface area contributed by atoms with Crippen molar-refractivity contribution in [1.29, 1.82) is 0 Å². The SMILES string of the molecule is CO/N=C(\C(=O)N[C@@H]1C(=O)N2C(C(=O)[O-])=C(C[n+]3cncc(F)c3)CSC12)c1csc(N)n1. The Bertz CT molecular complexity index is 1200. The number of hydrogen-bond donors (Lipinski definition) is 2. The third kappa shape index (κ3) is 4.36. The topological polar surface area (TPSA) is 167 Å². The van der Waals surface area contributed by atoms with E-state index in [1.165, 1.54) is 35.1 Å². The van der Waals surface area contributed by atoms with Gasteiger partial charge < -0.3 is 25.8 Å². The van der Waals surface area contributed by atoms with Gasteiger partial charge in [0.1, 0.15) is 37.0 Å². The second kappa shape index (κ2) is 9.11. The number of halogens is 1. The largest absolute Gasteiger partial charge is 0.543 e.